The number of hydrogen-bond donors (Lipinski definition) is 3. The molecule has 3 aromatic heterocycles. The SMILES string of the molecule is Cc1cnn(Cc2csc(C(=O)c3cncnc3N[C@@H]3C[C@@H](N(C)S(=O)(=O)O)[C@@H](O)C3)c2)c1. The van der Waals surface area contributed by atoms with Crippen LogP contribution in [0.5, 0.6) is 0 Å². The van der Waals surface area contributed by atoms with E-state index >= 15 is 0 Å². The Morgan fingerprint density at radius 1 is 1.36 bits per heavy atom. The van der Waals surface area contributed by atoms with Crippen LogP contribution < -0.4 is 5.32 Å². The van der Waals surface area contributed by atoms with E-state index in [2.05, 4.69) is 20.4 Å². The first-order valence-corrected chi connectivity index (χ1v) is 12.5. The summed E-state index contributed by atoms with van der Waals surface area (Å²) in [5, 5.41) is 19.6. The Labute approximate surface area is 195 Å². The van der Waals surface area contributed by atoms with Gasteiger partial charge in [0.25, 0.3) is 0 Å². The van der Waals surface area contributed by atoms with Gasteiger partial charge in [-0.25, -0.2) is 9.97 Å². The van der Waals surface area contributed by atoms with Crippen LogP contribution in [0.25, 0.3) is 0 Å². The average Bonchev–Trinajstić information content (AvgIpc) is 3.47. The highest BCUT2D eigenvalue weighted by Gasteiger charge is 2.39. The number of nitrogens with zero attached hydrogens (tertiary/aromatic N) is 5. The summed E-state index contributed by atoms with van der Waals surface area (Å²) in [4.78, 5) is 21.9. The molecule has 3 heterocycles. The Balaban J connectivity index is 1.48. The maximum absolute atomic E-state index is 13.2. The lowest BCUT2D eigenvalue weighted by atomic mass is 10.1. The van der Waals surface area contributed by atoms with Gasteiger partial charge in [-0.05, 0) is 42.3 Å². The molecule has 1 saturated carbocycles. The topological polar surface area (TPSA) is 151 Å². The number of carbonyl (C=O) groups is 1. The first-order chi connectivity index (χ1) is 15.6. The summed E-state index contributed by atoms with van der Waals surface area (Å²) in [5.41, 5.74) is 2.29. The molecule has 0 bridgehead atoms. The number of carbonyl (C=O) groups excluding carboxylic acids is 1. The van der Waals surface area contributed by atoms with Gasteiger partial charge in [-0.15, -0.1) is 11.3 Å². The summed E-state index contributed by atoms with van der Waals surface area (Å²) >= 11 is 1.32. The van der Waals surface area contributed by atoms with Crippen LogP contribution in [0, 0.1) is 6.92 Å². The highest BCUT2D eigenvalue weighted by Crippen LogP contribution is 2.29. The van der Waals surface area contributed by atoms with Crippen molar-refractivity contribution in [3.05, 3.63) is 57.9 Å². The summed E-state index contributed by atoms with van der Waals surface area (Å²) in [7, 11) is -3.22. The van der Waals surface area contributed by atoms with Crippen LogP contribution in [0.1, 0.15) is 39.2 Å². The zero-order chi connectivity index (χ0) is 23.8. The molecule has 13 heteroatoms. The van der Waals surface area contributed by atoms with Gasteiger partial charge in [-0.1, -0.05) is 0 Å². The van der Waals surface area contributed by atoms with Crippen molar-refractivity contribution in [3.8, 4) is 0 Å². The highest BCUT2D eigenvalue weighted by atomic mass is 32.2. The van der Waals surface area contributed by atoms with Crippen molar-refractivity contribution in [1.29, 1.82) is 0 Å². The third-order valence-electron chi connectivity index (χ3n) is 5.61. The Hall–Kier alpha value is -2.71. The largest absolute Gasteiger partial charge is 0.391 e. The van der Waals surface area contributed by atoms with Gasteiger partial charge in [0.15, 0.2) is 0 Å². The number of aryl methyl sites for hydroxylation is 1. The highest BCUT2D eigenvalue weighted by molar-refractivity contribution is 7.83. The van der Waals surface area contributed by atoms with Crippen LogP contribution in [-0.2, 0) is 16.8 Å². The molecule has 33 heavy (non-hydrogen) atoms. The van der Waals surface area contributed by atoms with E-state index in [-0.39, 0.29) is 30.2 Å². The number of nitrogens with one attached hydrogen (secondary N) is 1. The number of ketones is 1. The molecule has 1 aliphatic carbocycles. The lowest BCUT2D eigenvalue weighted by Gasteiger charge is -2.23. The van der Waals surface area contributed by atoms with Crippen molar-refractivity contribution in [2.75, 3.05) is 12.4 Å². The third kappa shape index (κ3) is 5.28. The van der Waals surface area contributed by atoms with Crippen molar-refractivity contribution in [2.24, 2.45) is 0 Å². The van der Waals surface area contributed by atoms with Crippen molar-refractivity contribution in [2.45, 2.75) is 44.5 Å². The van der Waals surface area contributed by atoms with Gasteiger partial charge >= 0.3 is 10.3 Å². The van der Waals surface area contributed by atoms with E-state index in [1.165, 1.54) is 30.9 Å². The molecule has 3 atom stereocenters. The second-order valence-corrected chi connectivity index (χ2v) is 10.5. The van der Waals surface area contributed by atoms with E-state index in [4.69, 9.17) is 0 Å². The molecular weight excluding hydrogens is 468 g/mol. The monoisotopic (exact) mass is 492 g/mol. The van der Waals surface area contributed by atoms with Gasteiger partial charge in [-0.3, -0.25) is 14.0 Å². The van der Waals surface area contributed by atoms with Crippen LogP contribution in [0.15, 0.2) is 36.4 Å². The Bertz CT molecular complexity index is 1260. The molecule has 0 saturated heterocycles. The molecule has 4 rings (SSSR count). The second kappa shape index (κ2) is 9.27. The molecule has 0 unspecified atom stereocenters. The fourth-order valence-electron chi connectivity index (χ4n) is 3.93. The van der Waals surface area contributed by atoms with Gasteiger partial charge in [0.2, 0.25) is 5.78 Å². The number of anilines is 1. The van der Waals surface area contributed by atoms with Gasteiger partial charge in [0, 0.05) is 25.5 Å². The van der Waals surface area contributed by atoms with E-state index in [1.807, 2.05) is 24.6 Å². The summed E-state index contributed by atoms with van der Waals surface area (Å²) in [6.45, 7) is 2.51. The molecule has 176 valence electrons. The van der Waals surface area contributed by atoms with Crippen LogP contribution in [0.2, 0.25) is 0 Å². The van der Waals surface area contributed by atoms with E-state index in [0.717, 1.165) is 15.4 Å². The maximum Gasteiger partial charge on any atom is 0.335 e. The van der Waals surface area contributed by atoms with Crippen molar-refractivity contribution >= 4 is 33.2 Å². The number of thiophene rings is 1. The second-order valence-electron chi connectivity index (χ2n) is 8.09. The lowest BCUT2D eigenvalue weighted by molar-refractivity contribution is 0.104. The standard InChI is InChI=1S/C20H24N6O5S2/c1-12-6-23-26(8-12)9-13-3-18(32-10-13)19(28)15-7-21-11-22-20(15)24-14-4-16(17(27)5-14)25(2)33(29,30)31/h3,6-8,10-11,14,16-17,27H,4-5,9H2,1-2H3,(H,21,22,24)(H,29,30,31)/t14-,16-,17+/m1/s1. The number of aromatic nitrogens is 4. The Morgan fingerprint density at radius 3 is 2.85 bits per heavy atom. The van der Waals surface area contributed by atoms with Gasteiger partial charge in [0.05, 0.1) is 35.3 Å². The number of likely N-dealkylation sites (N-methyl/N-ethyl adjacent to an activating group) is 1. The molecule has 0 spiro atoms. The quantitative estimate of drug-likeness (QED) is 0.313. The van der Waals surface area contributed by atoms with E-state index in [9.17, 15) is 22.9 Å². The maximum atomic E-state index is 13.2. The predicted octanol–water partition coefficient (Wildman–Crippen LogP) is 1.36. The lowest BCUT2D eigenvalue weighted by Crippen LogP contribution is -2.41. The van der Waals surface area contributed by atoms with E-state index in [0.29, 0.717) is 17.2 Å². The molecule has 11 nitrogen and oxygen atoms in total. The first-order valence-electron chi connectivity index (χ1n) is 10.2. The molecule has 0 aromatic carbocycles. The van der Waals surface area contributed by atoms with Crippen LogP contribution in [0.4, 0.5) is 5.82 Å². The van der Waals surface area contributed by atoms with Crippen molar-refractivity contribution in [3.63, 3.8) is 0 Å². The number of aliphatic hydroxyl groups excluding tert-OH is 1. The van der Waals surface area contributed by atoms with E-state index < -0.39 is 22.4 Å². The van der Waals surface area contributed by atoms with E-state index in [1.54, 1.807) is 10.9 Å². The van der Waals surface area contributed by atoms with Crippen LogP contribution >= 0.6 is 11.3 Å². The summed E-state index contributed by atoms with van der Waals surface area (Å²) in [5.74, 6) is 0.0659. The van der Waals surface area contributed by atoms with Crippen molar-refractivity contribution < 1.29 is 22.9 Å². The normalized spacial score (nSPS) is 20.9. The predicted molar refractivity (Wildman–Crippen MR) is 122 cm³/mol. The van der Waals surface area contributed by atoms with Crippen LogP contribution in [0.3, 0.4) is 0 Å². The fraction of sp³-hybridized carbons (Fsp3) is 0.400. The molecule has 0 radical (unpaired) electrons. The molecule has 1 fully saturated rings. The third-order valence-corrected chi connectivity index (χ3v) is 7.59. The van der Waals surface area contributed by atoms with Gasteiger partial charge in [-0.2, -0.15) is 17.8 Å². The summed E-state index contributed by atoms with van der Waals surface area (Å²) in [6.07, 6.45) is 5.94. The minimum atomic E-state index is -4.43. The molecule has 0 aliphatic heterocycles. The first kappa shape index (κ1) is 23.4. The average molecular weight is 493 g/mol. The molecule has 1 aliphatic rings. The smallest absolute Gasteiger partial charge is 0.335 e. The summed E-state index contributed by atoms with van der Waals surface area (Å²) < 4.78 is 34.7. The molecule has 3 N–H and O–H groups in total. The number of hydrogen-bond acceptors (Lipinski definition) is 9. The summed E-state index contributed by atoms with van der Waals surface area (Å²) in [6, 6.07) is 0.680. The zero-order valence-electron chi connectivity index (χ0n) is 18.0. The molecule has 3 aromatic rings. The van der Waals surface area contributed by atoms with Gasteiger partial charge in [0.1, 0.15) is 12.1 Å². The minimum Gasteiger partial charge on any atom is -0.391 e. The Morgan fingerprint density at radius 2 is 2.15 bits per heavy atom. The zero-order valence-corrected chi connectivity index (χ0v) is 19.6. The number of rotatable bonds is 8. The number of aliphatic hydroxyl groups is 1. The fourth-order valence-corrected chi connectivity index (χ4v) is 5.35. The molecular formula is C20H24N6O5S2. The minimum absolute atomic E-state index is 0.231. The molecule has 0 amide bonds. The Kier molecular flexibility index (Phi) is 6.59. The van der Waals surface area contributed by atoms with Crippen LogP contribution in [-0.4, -0.2) is 73.1 Å². The van der Waals surface area contributed by atoms with Gasteiger partial charge < -0.3 is 10.4 Å². The van der Waals surface area contributed by atoms with Crippen molar-refractivity contribution in [1.82, 2.24) is 24.1 Å².